The van der Waals surface area contributed by atoms with E-state index in [9.17, 15) is 9.18 Å². The van der Waals surface area contributed by atoms with Crippen LogP contribution in [0, 0.1) is 5.82 Å². The Morgan fingerprint density at radius 2 is 2.13 bits per heavy atom. The summed E-state index contributed by atoms with van der Waals surface area (Å²) in [5.74, 6) is -0.274. The Morgan fingerprint density at radius 1 is 1.43 bits per heavy atom. The number of nitrogens with one attached hydrogen (secondary N) is 1. The fraction of sp³-hybridized carbons (Fsp3) is 0.588. The van der Waals surface area contributed by atoms with E-state index in [0.29, 0.717) is 26.1 Å². The van der Waals surface area contributed by atoms with Gasteiger partial charge in [-0.25, -0.2) is 9.18 Å². The van der Waals surface area contributed by atoms with Crippen molar-refractivity contribution in [3.8, 4) is 0 Å². The average molecular weight is 325 g/mol. The van der Waals surface area contributed by atoms with Gasteiger partial charge in [0.15, 0.2) is 0 Å². The minimum absolute atomic E-state index is 0.0109. The normalized spacial score (nSPS) is 12.6. The predicted molar refractivity (Wildman–Crippen MR) is 91.1 cm³/mol. The van der Waals surface area contributed by atoms with E-state index in [1.807, 2.05) is 38.7 Å². The number of halogens is 1. The first-order valence-electron chi connectivity index (χ1n) is 7.96. The number of hydrogen-bond donors (Lipinski definition) is 2. The molecule has 6 heteroatoms. The number of carbonyl (C=O) groups excluding carboxylic acids is 1. The average Bonchev–Trinajstić information content (AvgIpc) is 2.44. The summed E-state index contributed by atoms with van der Waals surface area (Å²) in [7, 11) is 0. The lowest BCUT2D eigenvalue weighted by atomic mass is 10.1. The second-order valence-electron chi connectivity index (χ2n) is 6.37. The molecule has 0 fully saturated rings. The van der Waals surface area contributed by atoms with Crippen LogP contribution in [0.1, 0.15) is 34.1 Å². The lowest BCUT2D eigenvalue weighted by Gasteiger charge is -2.32. The van der Waals surface area contributed by atoms with E-state index in [1.54, 1.807) is 6.07 Å². The monoisotopic (exact) mass is 325 g/mol. The molecule has 0 aliphatic heterocycles. The van der Waals surface area contributed by atoms with Gasteiger partial charge in [0.2, 0.25) is 0 Å². The van der Waals surface area contributed by atoms with E-state index in [4.69, 9.17) is 10.5 Å². The highest BCUT2D eigenvalue weighted by atomic mass is 19.1. The number of anilines is 1. The maximum absolute atomic E-state index is 13.4. The highest BCUT2D eigenvalue weighted by Crippen LogP contribution is 2.19. The van der Waals surface area contributed by atoms with Crippen molar-refractivity contribution in [3.63, 3.8) is 0 Å². The van der Waals surface area contributed by atoms with Crippen LogP contribution in [0.25, 0.3) is 0 Å². The molecule has 0 bridgehead atoms. The number of nitrogens with two attached hydrogens (primary N) is 1. The van der Waals surface area contributed by atoms with Crippen molar-refractivity contribution < 1.29 is 13.9 Å². The Balaban J connectivity index is 2.59. The number of alkyl carbamates (subject to hydrolysis) is 1. The molecule has 5 nitrogen and oxygen atoms in total. The minimum Gasteiger partial charge on any atom is -0.444 e. The topological polar surface area (TPSA) is 67.6 Å². The maximum Gasteiger partial charge on any atom is 0.407 e. The zero-order chi connectivity index (χ0) is 17.5. The van der Waals surface area contributed by atoms with Crippen LogP contribution in [0.4, 0.5) is 14.9 Å². The van der Waals surface area contributed by atoms with E-state index >= 15 is 0 Å². The molecule has 1 atom stereocenters. The summed E-state index contributed by atoms with van der Waals surface area (Å²) in [5, 5.41) is 2.73. The summed E-state index contributed by atoms with van der Waals surface area (Å²) in [6.45, 7) is 9.02. The Hall–Kier alpha value is -1.82. The molecular weight excluding hydrogens is 297 g/mol. The van der Waals surface area contributed by atoms with Gasteiger partial charge in [0.1, 0.15) is 11.4 Å². The number of amides is 1. The quantitative estimate of drug-likeness (QED) is 0.809. The Bertz CT molecular complexity index is 503. The molecule has 0 aliphatic carbocycles. The lowest BCUT2D eigenvalue weighted by Crippen LogP contribution is -2.43. The van der Waals surface area contributed by atoms with Gasteiger partial charge in [-0.05, 0) is 52.3 Å². The Labute approximate surface area is 138 Å². The number of nitrogens with zero attached hydrogens (tertiary/aromatic N) is 1. The van der Waals surface area contributed by atoms with Gasteiger partial charge in [0.25, 0.3) is 0 Å². The van der Waals surface area contributed by atoms with Crippen LogP contribution in [0.2, 0.25) is 0 Å². The number of ether oxygens (including phenoxy) is 1. The Kier molecular flexibility index (Phi) is 7.29. The van der Waals surface area contributed by atoms with Gasteiger partial charge in [-0.1, -0.05) is 6.07 Å². The first-order valence-corrected chi connectivity index (χ1v) is 7.96. The van der Waals surface area contributed by atoms with Gasteiger partial charge >= 0.3 is 6.09 Å². The van der Waals surface area contributed by atoms with Crippen LogP contribution in [-0.2, 0) is 4.74 Å². The summed E-state index contributed by atoms with van der Waals surface area (Å²) in [6.07, 6.45) is 0.210. The van der Waals surface area contributed by atoms with E-state index in [-0.39, 0.29) is 11.9 Å². The third kappa shape index (κ3) is 6.86. The second-order valence-corrected chi connectivity index (χ2v) is 6.37. The molecule has 1 unspecified atom stereocenters. The lowest BCUT2D eigenvalue weighted by molar-refractivity contribution is 0.0526. The van der Waals surface area contributed by atoms with Crippen molar-refractivity contribution in [1.29, 1.82) is 0 Å². The van der Waals surface area contributed by atoms with E-state index in [1.165, 1.54) is 12.1 Å². The fourth-order valence-corrected chi connectivity index (χ4v) is 2.36. The molecule has 0 aliphatic rings. The summed E-state index contributed by atoms with van der Waals surface area (Å²) in [4.78, 5) is 13.7. The maximum atomic E-state index is 13.4. The standard InChI is InChI=1S/C17H28FN3O2/c1-5-21(14-8-6-7-13(18)11-14)15(12-19)9-10-20-16(22)23-17(2,3)4/h6-8,11,15H,5,9-10,12,19H2,1-4H3,(H,20,22). The fourth-order valence-electron chi connectivity index (χ4n) is 2.36. The van der Waals surface area contributed by atoms with Gasteiger partial charge in [0, 0.05) is 31.4 Å². The van der Waals surface area contributed by atoms with Crippen molar-refractivity contribution >= 4 is 11.8 Å². The number of rotatable bonds is 7. The van der Waals surface area contributed by atoms with Gasteiger partial charge in [-0.2, -0.15) is 0 Å². The van der Waals surface area contributed by atoms with Crippen molar-refractivity contribution in [2.75, 3.05) is 24.5 Å². The first-order chi connectivity index (χ1) is 10.8. The summed E-state index contributed by atoms with van der Waals surface area (Å²) < 4.78 is 18.6. The molecule has 23 heavy (non-hydrogen) atoms. The molecule has 1 aromatic rings. The van der Waals surface area contributed by atoms with Crippen LogP contribution in [0.3, 0.4) is 0 Å². The zero-order valence-electron chi connectivity index (χ0n) is 14.4. The molecule has 1 rings (SSSR count). The summed E-state index contributed by atoms with van der Waals surface area (Å²) in [6, 6.07) is 6.46. The van der Waals surface area contributed by atoms with Crippen LogP contribution in [0.5, 0.6) is 0 Å². The van der Waals surface area contributed by atoms with Crippen LogP contribution < -0.4 is 16.0 Å². The number of likely N-dealkylation sites (N-methyl/N-ethyl adjacent to an activating group) is 1. The van der Waals surface area contributed by atoms with Gasteiger partial charge < -0.3 is 20.7 Å². The highest BCUT2D eigenvalue weighted by molar-refractivity contribution is 5.67. The molecule has 0 heterocycles. The van der Waals surface area contributed by atoms with Gasteiger partial charge in [0.05, 0.1) is 0 Å². The largest absolute Gasteiger partial charge is 0.444 e. The predicted octanol–water partition coefficient (Wildman–Crippen LogP) is 2.89. The number of carbonyl (C=O) groups is 1. The molecule has 130 valence electrons. The first kappa shape index (κ1) is 19.2. The van der Waals surface area contributed by atoms with Crippen molar-refractivity contribution in [1.82, 2.24) is 5.32 Å². The Morgan fingerprint density at radius 3 is 2.65 bits per heavy atom. The molecule has 0 spiro atoms. The molecule has 1 amide bonds. The van der Waals surface area contributed by atoms with Gasteiger partial charge in [-0.15, -0.1) is 0 Å². The van der Waals surface area contributed by atoms with Crippen LogP contribution in [0.15, 0.2) is 24.3 Å². The number of hydrogen-bond acceptors (Lipinski definition) is 4. The molecule has 0 saturated heterocycles. The van der Waals surface area contributed by atoms with E-state index < -0.39 is 11.7 Å². The molecule has 0 aromatic heterocycles. The van der Waals surface area contributed by atoms with Crippen LogP contribution >= 0.6 is 0 Å². The van der Waals surface area contributed by atoms with Crippen molar-refractivity contribution in [3.05, 3.63) is 30.1 Å². The smallest absolute Gasteiger partial charge is 0.407 e. The van der Waals surface area contributed by atoms with Gasteiger partial charge in [-0.3, -0.25) is 0 Å². The van der Waals surface area contributed by atoms with Crippen LogP contribution in [-0.4, -0.2) is 37.4 Å². The third-order valence-corrected chi connectivity index (χ3v) is 3.34. The number of benzene rings is 1. The molecule has 0 radical (unpaired) electrons. The van der Waals surface area contributed by atoms with Crippen molar-refractivity contribution in [2.45, 2.75) is 45.8 Å². The molecule has 3 N–H and O–H groups in total. The van der Waals surface area contributed by atoms with E-state index in [0.717, 1.165) is 5.69 Å². The second kappa shape index (κ2) is 8.72. The molecular formula is C17H28FN3O2. The summed E-state index contributed by atoms with van der Waals surface area (Å²) in [5.41, 5.74) is 6.14. The molecule has 1 aromatic carbocycles. The molecule has 0 saturated carbocycles. The third-order valence-electron chi connectivity index (χ3n) is 3.34. The summed E-state index contributed by atoms with van der Waals surface area (Å²) >= 11 is 0. The van der Waals surface area contributed by atoms with Crippen molar-refractivity contribution in [2.24, 2.45) is 5.73 Å². The van der Waals surface area contributed by atoms with E-state index in [2.05, 4.69) is 5.32 Å². The highest BCUT2D eigenvalue weighted by Gasteiger charge is 2.19. The zero-order valence-corrected chi connectivity index (χ0v) is 14.4. The minimum atomic E-state index is -0.519. The SMILES string of the molecule is CCN(c1cccc(F)c1)C(CN)CCNC(=O)OC(C)(C)C.